The first-order valence-electron chi connectivity index (χ1n) is 10.8. The van der Waals surface area contributed by atoms with Gasteiger partial charge in [-0.25, -0.2) is 0 Å². The van der Waals surface area contributed by atoms with Crippen molar-refractivity contribution in [3.05, 3.63) is 72.4 Å². The molecule has 2 N–H and O–H groups in total. The first-order valence-corrected chi connectivity index (χ1v) is 10.8. The van der Waals surface area contributed by atoms with Crippen LogP contribution in [0, 0.1) is 0 Å². The van der Waals surface area contributed by atoms with Crippen LogP contribution in [0.2, 0.25) is 0 Å². The Kier molecular flexibility index (Phi) is 5.35. The zero-order valence-electron chi connectivity index (χ0n) is 17.3. The summed E-state index contributed by atoms with van der Waals surface area (Å²) in [7, 11) is 0. The Morgan fingerprint density at radius 3 is 2.48 bits per heavy atom. The second-order valence-electron chi connectivity index (χ2n) is 7.98. The van der Waals surface area contributed by atoms with Gasteiger partial charge in [-0.15, -0.1) is 10.2 Å². The summed E-state index contributed by atoms with van der Waals surface area (Å²) in [5.41, 5.74) is 3.92. The Balaban J connectivity index is 1.32. The number of hydrogen-bond donors (Lipinski definition) is 2. The third kappa shape index (κ3) is 4.28. The lowest BCUT2D eigenvalue weighted by Crippen LogP contribution is -2.25. The first kappa shape index (κ1) is 19.3. The van der Waals surface area contributed by atoms with Crippen LogP contribution in [0.5, 0.6) is 0 Å². The molecule has 0 spiro atoms. The fraction of sp³-hybridized carbons (Fsp3) is 0.240. The number of hydrogen-bond acceptors (Lipinski definition) is 4. The average molecular weight is 412 g/mol. The van der Waals surface area contributed by atoms with Crippen LogP contribution < -0.4 is 10.2 Å². The monoisotopic (exact) mass is 411 g/mol. The number of fused-ring (bicyclic) bond motifs is 1. The molecule has 1 amide bonds. The fourth-order valence-corrected chi connectivity index (χ4v) is 4.10. The largest absolute Gasteiger partial charge is 0.355 e. The number of carbonyl (C=O) groups excluding carboxylic acids is 1. The number of aromatic amines is 1. The van der Waals surface area contributed by atoms with Gasteiger partial charge in [0.25, 0.3) is 5.91 Å². The predicted octanol–water partition coefficient (Wildman–Crippen LogP) is 5.26. The van der Waals surface area contributed by atoms with E-state index >= 15 is 0 Å². The predicted molar refractivity (Wildman–Crippen MR) is 124 cm³/mol. The van der Waals surface area contributed by atoms with Gasteiger partial charge in [0, 0.05) is 35.2 Å². The number of rotatable bonds is 4. The van der Waals surface area contributed by atoms with Crippen LogP contribution in [0.1, 0.15) is 36.2 Å². The second kappa shape index (κ2) is 8.60. The van der Waals surface area contributed by atoms with E-state index in [-0.39, 0.29) is 5.91 Å². The van der Waals surface area contributed by atoms with Crippen molar-refractivity contribution in [1.29, 1.82) is 0 Å². The molecule has 0 saturated carbocycles. The van der Waals surface area contributed by atoms with Gasteiger partial charge in [-0.2, -0.15) is 0 Å². The van der Waals surface area contributed by atoms with Gasteiger partial charge in [0.1, 0.15) is 5.69 Å². The van der Waals surface area contributed by atoms with E-state index < -0.39 is 0 Å². The molecular weight excluding hydrogens is 386 g/mol. The van der Waals surface area contributed by atoms with Crippen LogP contribution >= 0.6 is 0 Å². The molecule has 2 aromatic carbocycles. The molecule has 3 heterocycles. The van der Waals surface area contributed by atoms with E-state index in [1.165, 1.54) is 25.7 Å². The molecule has 6 nitrogen and oxygen atoms in total. The maximum atomic E-state index is 12.7. The Morgan fingerprint density at radius 2 is 1.71 bits per heavy atom. The van der Waals surface area contributed by atoms with Gasteiger partial charge in [-0.05, 0) is 49.2 Å². The topological polar surface area (TPSA) is 73.9 Å². The first-order chi connectivity index (χ1) is 15.3. The summed E-state index contributed by atoms with van der Waals surface area (Å²) in [6.45, 7) is 2.09. The van der Waals surface area contributed by atoms with Gasteiger partial charge in [-0.1, -0.05) is 43.2 Å². The van der Waals surface area contributed by atoms with Gasteiger partial charge in [-0.3, -0.25) is 4.79 Å². The molecule has 1 aliphatic heterocycles. The van der Waals surface area contributed by atoms with Crippen molar-refractivity contribution in [2.75, 3.05) is 23.3 Å². The summed E-state index contributed by atoms with van der Waals surface area (Å²) in [5, 5.41) is 12.9. The van der Waals surface area contributed by atoms with Crippen molar-refractivity contribution in [3.8, 4) is 11.3 Å². The Morgan fingerprint density at radius 1 is 0.871 bits per heavy atom. The molecule has 1 fully saturated rings. The lowest BCUT2D eigenvalue weighted by Gasteiger charge is -2.20. The van der Waals surface area contributed by atoms with Crippen LogP contribution in [0.4, 0.5) is 11.5 Å². The molecule has 0 unspecified atom stereocenters. The highest BCUT2D eigenvalue weighted by Gasteiger charge is 2.13. The molecule has 1 saturated heterocycles. The lowest BCUT2D eigenvalue weighted by atomic mass is 10.1. The van der Waals surface area contributed by atoms with Gasteiger partial charge in [0.2, 0.25) is 0 Å². The Bertz CT molecular complexity index is 1160. The Hall–Kier alpha value is -3.67. The third-order valence-electron chi connectivity index (χ3n) is 5.77. The third-order valence-corrected chi connectivity index (χ3v) is 5.77. The van der Waals surface area contributed by atoms with Crippen LogP contribution in [-0.4, -0.2) is 34.2 Å². The highest BCUT2D eigenvalue weighted by molar-refractivity contribution is 6.06. The highest BCUT2D eigenvalue weighted by atomic mass is 16.1. The van der Waals surface area contributed by atoms with Crippen molar-refractivity contribution >= 4 is 28.3 Å². The number of anilines is 2. The minimum atomic E-state index is -0.170. The quantitative estimate of drug-likeness (QED) is 0.480. The van der Waals surface area contributed by atoms with E-state index in [2.05, 4.69) is 25.4 Å². The van der Waals surface area contributed by atoms with Crippen LogP contribution in [0.25, 0.3) is 22.2 Å². The summed E-state index contributed by atoms with van der Waals surface area (Å²) < 4.78 is 0. The molecule has 31 heavy (non-hydrogen) atoms. The maximum Gasteiger partial charge on any atom is 0.272 e. The summed E-state index contributed by atoms with van der Waals surface area (Å²) in [6.07, 6.45) is 5.00. The molecule has 0 atom stereocenters. The number of H-pyrrole nitrogens is 1. The van der Waals surface area contributed by atoms with E-state index in [4.69, 9.17) is 0 Å². The summed E-state index contributed by atoms with van der Waals surface area (Å²) in [5.74, 6) is 0.768. The number of amides is 1. The zero-order chi connectivity index (χ0) is 21.0. The molecule has 5 rings (SSSR count). The smallest absolute Gasteiger partial charge is 0.272 e. The van der Waals surface area contributed by atoms with Crippen molar-refractivity contribution in [2.45, 2.75) is 25.7 Å². The summed E-state index contributed by atoms with van der Waals surface area (Å²) in [4.78, 5) is 18.2. The number of aromatic nitrogens is 3. The highest BCUT2D eigenvalue weighted by Crippen LogP contribution is 2.24. The average Bonchev–Trinajstić information content (AvgIpc) is 3.06. The zero-order valence-corrected chi connectivity index (χ0v) is 17.3. The normalized spacial score (nSPS) is 14.4. The number of benzene rings is 2. The van der Waals surface area contributed by atoms with Gasteiger partial charge < -0.3 is 15.2 Å². The van der Waals surface area contributed by atoms with Crippen LogP contribution in [-0.2, 0) is 0 Å². The van der Waals surface area contributed by atoms with E-state index in [9.17, 15) is 4.79 Å². The molecular formula is C25H25N5O. The van der Waals surface area contributed by atoms with E-state index in [1.807, 2.05) is 66.7 Å². The molecule has 6 heteroatoms. The number of nitrogens with zero attached hydrogens (tertiary/aromatic N) is 3. The molecule has 1 aliphatic rings. The molecule has 0 radical (unpaired) electrons. The van der Waals surface area contributed by atoms with Crippen LogP contribution in [0.3, 0.4) is 0 Å². The summed E-state index contributed by atoms with van der Waals surface area (Å²) in [6, 6.07) is 21.5. The Labute approximate surface area is 181 Å². The number of nitrogens with one attached hydrogen (secondary N) is 2. The molecule has 2 aromatic heterocycles. The molecule has 4 aromatic rings. The fourth-order valence-electron chi connectivity index (χ4n) is 4.10. The van der Waals surface area contributed by atoms with Crippen LogP contribution in [0.15, 0.2) is 66.7 Å². The molecule has 156 valence electrons. The number of carbonyl (C=O) groups is 1. The minimum Gasteiger partial charge on any atom is -0.355 e. The van der Waals surface area contributed by atoms with Crippen molar-refractivity contribution in [2.24, 2.45) is 0 Å². The van der Waals surface area contributed by atoms with Gasteiger partial charge in [0.05, 0.1) is 5.69 Å². The number of para-hydroxylation sites is 1. The second-order valence-corrected chi connectivity index (χ2v) is 7.98. The molecule has 0 bridgehead atoms. The maximum absolute atomic E-state index is 12.7. The lowest BCUT2D eigenvalue weighted by molar-refractivity contribution is 0.102. The standard InChI is InChI=1S/C25H25N5O/c31-25(23-17-19-8-3-4-11-21(19)27-23)26-20-10-7-9-18(16-20)22-12-13-24(29-28-22)30-14-5-1-2-6-15-30/h3-4,7-13,16-17,27H,1-2,5-6,14-15H2,(H,26,31). The minimum absolute atomic E-state index is 0.170. The molecule has 0 aliphatic carbocycles. The van der Waals surface area contributed by atoms with E-state index in [1.54, 1.807) is 0 Å². The van der Waals surface area contributed by atoms with Crippen molar-refractivity contribution in [3.63, 3.8) is 0 Å². The van der Waals surface area contributed by atoms with Crippen molar-refractivity contribution < 1.29 is 4.79 Å². The van der Waals surface area contributed by atoms with Gasteiger partial charge >= 0.3 is 0 Å². The van der Waals surface area contributed by atoms with Gasteiger partial charge in [0.15, 0.2) is 5.82 Å². The van der Waals surface area contributed by atoms with E-state index in [0.29, 0.717) is 5.69 Å². The summed E-state index contributed by atoms with van der Waals surface area (Å²) >= 11 is 0. The SMILES string of the molecule is O=C(Nc1cccc(-c2ccc(N3CCCCCC3)nn2)c1)c1cc2ccccc2[nH]1. The van der Waals surface area contributed by atoms with E-state index in [0.717, 1.165) is 46.8 Å². The van der Waals surface area contributed by atoms with Crippen molar-refractivity contribution in [1.82, 2.24) is 15.2 Å².